The van der Waals surface area contributed by atoms with Crippen molar-refractivity contribution in [1.82, 2.24) is 9.80 Å². The second-order valence-electron chi connectivity index (χ2n) is 6.32. The normalized spacial score (nSPS) is 20.5. The van der Waals surface area contributed by atoms with E-state index in [1.165, 1.54) is 6.07 Å². The maximum Gasteiger partial charge on any atom is 0.225 e. The maximum absolute atomic E-state index is 13.8. The van der Waals surface area contributed by atoms with Gasteiger partial charge in [0.05, 0.1) is 0 Å². The molecule has 3 rings (SSSR count). The summed E-state index contributed by atoms with van der Waals surface area (Å²) < 4.78 is 13.8. The first-order chi connectivity index (χ1) is 10.6. The summed E-state index contributed by atoms with van der Waals surface area (Å²) in [6.07, 6.45) is 4.04. The molecule has 0 N–H and O–H groups in total. The van der Waals surface area contributed by atoms with E-state index < -0.39 is 0 Å². The lowest BCUT2D eigenvalue weighted by atomic mass is 9.95. The molecular formula is C17H22ClFN2O. The van der Waals surface area contributed by atoms with E-state index in [0.717, 1.165) is 51.9 Å². The molecule has 3 nitrogen and oxygen atoms in total. The molecule has 1 aromatic rings. The first-order valence-electron chi connectivity index (χ1n) is 8.08. The number of likely N-dealkylation sites (tertiary alicyclic amines) is 2. The molecule has 0 bridgehead atoms. The van der Waals surface area contributed by atoms with Crippen LogP contribution in [0, 0.1) is 11.7 Å². The molecule has 0 unspecified atom stereocenters. The number of carbonyl (C=O) groups is 1. The predicted molar refractivity (Wildman–Crippen MR) is 85.2 cm³/mol. The highest BCUT2D eigenvalue weighted by molar-refractivity contribution is 6.30. The molecule has 2 aliphatic heterocycles. The molecule has 0 aromatic heterocycles. The van der Waals surface area contributed by atoms with Crippen molar-refractivity contribution in [2.45, 2.75) is 32.2 Å². The molecule has 2 saturated heterocycles. The summed E-state index contributed by atoms with van der Waals surface area (Å²) in [5.74, 6) is 0.238. The highest BCUT2D eigenvalue weighted by atomic mass is 35.5. The van der Waals surface area contributed by atoms with Gasteiger partial charge in [0.2, 0.25) is 5.91 Å². The first kappa shape index (κ1) is 15.8. The van der Waals surface area contributed by atoms with Crippen molar-refractivity contribution < 1.29 is 9.18 Å². The molecule has 2 aliphatic rings. The molecule has 120 valence electrons. The summed E-state index contributed by atoms with van der Waals surface area (Å²) in [7, 11) is 0. The van der Waals surface area contributed by atoms with E-state index in [4.69, 9.17) is 11.6 Å². The lowest BCUT2D eigenvalue weighted by molar-refractivity contribution is -0.136. The Kier molecular flexibility index (Phi) is 4.99. The molecule has 0 atom stereocenters. The second-order valence-corrected chi connectivity index (χ2v) is 6.75. The Morgan fingerprint density at radius 1 is 1.18 bits per heavy atom. The van der Waals surface area contributed by atoms with Gasteiger partial charge < -0.3 is 4.90 Å². The number of piperidine rings is 1. The van der Waals surface area contributed by atoms with Gasteiger partial charge in [0, 0.05) is 36.1 Å². The highest BCUT2D eigenvalue weighted by Crippen LogP contribution is 2.24. The van der Waals surface area contributed by atoms with Crippen LogP contribution < -0.4 is 0 Å². The van der Waals surface area contributed by atoms with E-state index in [-0.39, 0.29) is 11.7 Å². The topological polar surface area (TPSA) is 23.6 Å². The average Bonchev–Trinajstić information content (AvgIpc) is 3.04. The van der Waals surface area contributed by atoms with Crippen LogP contribution in [0.3, 0.4) is 0 Å². The number of hydrogen-bond donors (Lipinski definition) is 0. The SMILES string of the molecule is O=C(C1CCN(Cc2ccc(Cl)cc2F)CC1)N1CCCC1. The summed E-state index contributed by atoms with van der Waals surface area (Å²) in [5.41, 5.74) is 0.675. The minimum Gasteiger partial charge on any atom is -0.342 e. The summed E-state index contributed by atoms with van der Waals surface area (Å²) in [6.45, 7) is 4.15. The van der Waals surface area contributed by atoms with Crippen LogP contribution >= 0.6 is 11.6 Å². The number of halogens is 2. The van der Waals surface area contributed by atoms with Gasteiger partial charge in [-0.2, -0.15) is 0 Å². The summed E-state index contributed by atoms with van der Waals surface area (Å²) in [6, 6.07) is 4.84. The van der Waals surface area contributed by atoms with Gasteiger partial charge in [-0.25, -0.2) is 4.39 Å². The minimum absolute atomic E-state index is 0.157. The van der Waals surface area contributed by atoms with Crippen molar-refractivity contribution in [3.63, 3.8) is 0 Å². The fourth-order valence-corrected chi connectivity index (χ4v) is 3.58. The Hall–Kier alpha value is -1.13. The van der Waals surface area contributed by atoms with Crippen LogP contribution in [0.15, 0.2) is 18.2 Å². The Morgan fingerprint density at radius 2 is 1.86 bits per heavy atom. The van der Waals surface area contributed by atoms with Crippen LogP contribution in [-0.2, 0) is 11.3 Å². The van der Waals surface area contributed by atoms with E-state index in [0.29, 0.717) is 23.0 Å². The Labute approximate surface area is 136 Å². The molecule has 0 saturated carbocycles. The Morgan fingerprint density at radius 3 is 2.50 bits per heavy atom. The van der Waals surface area contributed by atoms with Crippen molar-refractivity contribution in [3.05, 3.63) is 34.6 Å². The second kappa shape index (κ2) is 6.97. The summed E-state index contributed by atoms with van der Waals surface area (Å²) >= 11 is 5.78. The smallest absolute Gasteiger partial charge is 0.225 e. The van der Waals surface area contributed by atoms with Crippen molar-refractivity contribution in [2.75, 3.05) is 26.2 Å². The van der Waals surface area contributed by atoms with Crippen LogP contribution in [0.5, 0.6) is 0 Å². The molecule has 0 spiro atoms. The number of nitrogens with zero attached hydrogens (tertiary/aromatic N) is 2. The van der Waals surface area contributed by atoms with Crippen LogP contribution in [0.2, 0.25) is 5.02 Å². The van der Waals surface area contributed by atoms with Crippen LogP contribution in [0.4, 0.5) is 4.39 Å². The molecule has 0 aliphatic carbocycles. The number of benzene rings is 1. The van der Waals surface area contributed by atoms with Gasteiger partial charge in [0.25, 0.3) is 0 Å². The third-order valence-electron chi connectivity index (χ3n) is 4.76. The van der Waals surface area contributed by atoms with Crippen molar-refractivity contribution in [1.29, 1.82) is 0 Å². The van der Waals surface area contributed by atoms with Crippen LogP contribution in [0.1, 0.15) is 31.2 Å². The largest absolute Gasteiger partial charge is 0.342 e. The monoisotopic (exact) mass is 324 g/mol. The lowest BCUT2D eigenvalue weighted by Crippen LogP contribution is -2.41. The molecular weight excluding hydrogens is 303 g/mol. The molecule has 22 heavy (non-hydrogen) atoms. The zero-order chi connectivity index (χ0) is 15.5. The van der Waals surface area contributed by atoms with Gasteiger partial charge in [0.1, 0.15) is 5.82 Å². The molecule has 0 radical (unpaired) electrons. The summed E-state index contributed by atoms with van der Waals surface area (Å²) in [4.78, 5) is 16.6. The average molecular weight is 325 g/mol. The van der Waals surface area contributed by atoms with Gasteiger partial charge in [0.15, 0.2) is 0 Å². The fourth-order valence-electron chi connectivity index (χ4n) is 3.42. The zero-order valence-corrected chi connectivity index (χ0v) is 13.5. The van der Waals surface area contributed by atoms with Crippen molar-refractivity contribution >= 4 is 17.5 Å². The Bertz CT molecular complexity index is 537. The minimum atomic E-state index is -0.247. The number of amides is 1. The number of rotatable bonds is 3. The molecule has 1 aromatic carbocycles. The predicted octanol–water partition coefficient (Wildman–Crippen LogP) is 3.31. The standard InChI is InChI=1S/C17H22ClFN2O/c18-15-4-3-14(16(19)11-15)12-20-9-5-13(6-10-20)17(22)21-7-1-2-8-21/h3-4,11,13H,1-2,5-10,12H2. The third-order valence-corrected chi connectivity index (χ3v) is 5.00. The van der Waals surface area contributed by atoms with Gasteiger partial charge >= 0.3 is 0 Å². The highest BCUT2D eigenvalue weighted by Gasteiger charge is 2.29. The van der Waals surface area contributed by atoms with Crippen molar-refractivity contribution in [3.8, 4) is 0 Å². The van der Waals surface area contributed by atoms with E-state index in [1.54, 1.807) is 12.1 Å². The van der Waals surface area contributed by atoms with Gasteiger partial charge in [-0.05, 0) is 50.9 Å². The van der Waals surface area contributed by atoms with E-state index in [1.807, 2.05) is 4.90 Å². The van der Waals surface area contributed by atoms with Gasteiger partial charge in [-0.1, -0.05) is 17.7 Å². The number of hydrogen-bond acceptors (Lipinski definition) is 2. The molecule has 1 amide bonds. The quantitative estimate of drug-likeness (QED) is 0.851. The van der Waals surface area contributed by atoms with E-state index in [9.17, 15) is 9.18 Å². The van der Waals surface area contributed by atoms with Crippen molar-refractivity contribution in [2.24, 2.45) is 5.92 Å². The maximum atomic E-state index is 13.8. The lowest BCUT2D eigenvalue weighted by Gasteiger charge is -2.33. The van der Waals surface area contributed by atoms with Gasteiger partial charge in [-0.15, -0.1) is 0 Å². The number of carbonyl (C=O) groups excluding carboxylic acids is 1. The van der Waals surface area contributed by atoms with E-state index >= 15 is 0 Å². The Balaban J connectivity index is 1.52. The van der Waals surface area contributed by atoms with E-state index in [2.05, 4.69) is 4.90 Å². The first-order valence-corrected chi connectivity index (χ1v) is 8.46. The summed E-state index contributed by atoms with van der Waals surface area (Å²) in [5, 5.41) is 0.427. The molecule has 2 fully saturated rings. The van der Waals surface area contributed by atoms with Crippen LogP contribution in [0.25, 0.3) is 0 Å². The third kappa shape index (κ3) is 3.61. The van der Waals surface area contributed by atoms with Gasteiger partial charge in [-0.3, -0.25) is 9.69 Å². The fraction of sp³-hybridized carbons (Fsp3) is 0.588. The van der Waals surface area contributed by atoms with Crippen LogP contribution in [-0.4, -0.2) is 41.9 Å². The molecule has 5 heteroatoms. The molecule has 2 heterocycles. The zero-order valence-electron chi connectivity index (χ0n) is 12.7.